The van der Waals surface area contributed by atoms with Gasteiger partial charge in [0, 0.05) is 29.6 Å². The molecule has 1 amide bonds. The van der Waals surface area contributed by atoms with Gasteiger partial charge in [-0.3, -0.25) is 9.48 Å². The maximum absolute atomic E-state index is 12.6. The molecule has 4 rings (SSSR count). The average Bonchev–Trinajstić information content (AvgIpc) is 3.30. The van der Waals surface area contributed by atoms with Crippen molar-refractivity contribution in [1.82, 2.24) is 25.1 Å². The van der Waals surface area contributed by atoms with Crippen molar-refractivity contribution in [2.24, 2.45) is 0 Å². The molecule has 2 heterocycles. The van der Waals surface area contributed by atoms with Crippen LogP contribution in [0, 0.1) is 0 Å². The van der Waals surface area contributed by atoms with Gasteiger partial charge in [0.1, 0.15) is 6.33 Å². The van der Waals surface area contributed by atoms with Crippen LogP contribution in [0.1, 0.15) is 52.4 Å². The molecular weight excluding hydrogens is 382 g/mol. The molecule has 3 aromatic rings. The number of rotatable bonds is 5. The first-order valence-electron chi connectivity index (χ1n) is 9.94. The van der Waals surface area contributed by atoms with Gasteiger partial charge in [-0.05, 0) is 49.9 Å². The van der Waals surface area contributed by atoms with E-state index < -0.39 is 5.97 Å². The van der Waals surface area contributed by atoms with E-state index >= 15 is 0 Å². The first-order valence-corrected chi connectivity index (χ1v) is 9.94. The Balaban J connectivity index is 1.33. The second-order valence-corrected chi connectivity index (χ2v) is 7.35. The Hall–Kier alpha value is -3.55. The van der Waals surface area contributed by atoms with E-state index in [1.807, 2.05) is 23.1 Å². The van der Waals surface area contributed by atoms with Gasteiger partial charge in [0.25, 0.3) is 5.91 Å². The van der Waals surface area contributed by atoms with Gasteiger partial charge in [-0.2, -0.15) is 5.10 Å². The molecule has 154 valence electrons. The summed E-state index contributed by atoms with van der Waals surface area (Å²) < 4.78 is 6.71. The Morgan fingerprint density at radius 1 is 1.13 bits per heavy atom. The van der Waals surface area contributed by atoms with Crippen molar-refractivity contribution in [3.8, 4) is 11.3 Å². The fourth-order valence-corrected chi connectivity index (χ4v) is 3.79. The predicted molar refractivity (Wildman–Crippen MR) is 110 cm³/mol. The van der Waals surface area contributed by atoms with E-state index in [-0.39, 0.29) is 11.9 Å². The zero-order valence-electron chi connectivity index (χ0n) is 16.7. The first-order chi connectivity index (χ1) is 14.6. The molecule has 1 saturated carbocycles. The lowest BCUT2D eigenvalue weighted by Gasteiger charge is -2.29. The fourth-order valence-electron chi connectivity index (χ4n) is 3.79. The van der Waals surface area contributed by atoms with Crippen LogP contribution in [0.15, 0.2) is 55.2 Å². The molecule has 8 heteroatoms. The molecule has 0 spiro atoms. The number of hydrogen-bond acceptors (Lipinski definition) is 6. The van der Waals surface area contributed by atoms with Gasteiger partial charge in [-0.25, -0.2) is 14.8 Å². The Morgan fingerprint density at radius 2 is 1.93 bits per heavy atom. The molecule has 1 aromatic carbocycles. The van der Waals surface area contributed by atoms with Crippen molar-refractivity contribution in [2.45, 2.75) is 37.8 Å². The molecule has 8 nitrogen and oxygen atoms in total. The summed E-state index contributed by atoms with van der Waals surface area (Å²) in [7, 11) is 1.32. The van der Waals surface area contributed by atoms with Crippen LogP contribution >= 0.6 is 0 Å². The molecule has 2 aromatic heterocycles. The maximum atomic E-state index is 12.6. The third-order valence-electron chi connectivity index (χ3n) is 5.43. The van der Waals surface area contributed by atoms with Gasteiger partial charge in [0.15, 0.2) is 0 Å². The maximum Gasteiger partial charge on any atom is 0.337 e. The fraction of sp³-hybridized carbons (Fsp3) is 0.318. The Labute approximate surface area is 174 Å². The van der Waals surface area contributed by atoms with Crippen LogP contribution in [0.4, 0.5) is 0 Å². The SMILES string of the molecule is COC(=O)c1cccc(C(=O)NC2CCC(n3cc(-c4ccncn4)cn3)CC2)c1. The van der Waals surface area contributed by atoms with E-state index in [0.717, 1.165) is 36.9 Å². The summed E-state index contributed by atoms with van der Waals surface area (Å²) in [6.07, 6.45) is 10.7. The number of methoxy groups -OCH3 is 1. The Kier molecular flexibility index (Phi) is 5.83. The first kappa shape index (κ1) is 19.8. The normalized spacial score (nSPS) is 18.6. The van der Waals surface area contributed by atoms with Crippen LogP contribution in [-0.2, 0) is 4.74 Å². The molecule has 0 aliphatic heterocycles. The highest BCUT2D eigenvalue weighted by atomic mass is 16.5. The zero-order chi connectivity index (χ0) is 20.9. The van der Waals surface area contributed by atoms with E-state index in [0.29, 0.717) is 17.2 Å². The summed E-state index contributed by atoms with van der Waals surface area (Å²) in [5, 5.41) is 7.59. The predicted octanol–water partition coefficient (Wildman–Crippen LogP) is 3.04. The lowest BCUT2D eigenvalue weighted by atomic mass is 9.91. The van der Waals surface area contributed by atoms with E-state index in [2.05, 4.69) is 20.4 Å². The number of amides is 1. The van der Waals surface area contributed by atoms with Gasteiger partial charge >= 0.3 is 5.97 Å². The summed E-state index contributed by atoms with van der Waals surface area (Å²) in [6.45, 7) is 0. The molecular formula is C22H23N5O3. The number of aromatic nitrogens is 4. The highest BCUT2D eigenvalue weighted by Crippen LogP contribution is 2.29. The topological polar surface area (TPSA) is 99.0 Å². The van der Waals surface area contributed by atoms with Crippen LogP contribution in [-0.4, -0.2) is 44.8 Å². The van der Waals surface area contributed by atoms with E-state index in [1.54, 1.807) is 30.5 Å². The number of carbonyl (C=O) groups excluding carboxylic acids is 2. The van der Waals surface area contributed by atoms with Crippen molar-refractivity contribution >= 4 is 11.9 Å². The Bertz CT molecular complexity index is 1030. The summed E-state index contributed by atoms with van der Waals surface area (Å²) in [5.74, 6) is -0.625. The second kappa shape index (κ2) is 8.86. The van der Waals surface area contributed by atoms with Gasteiger partial charge in [0.2, 0.25) is 0 Å². The zero-order valence-corrected chi connectivity index (χ0v) is 16.7. The molecule has 1 aliphatic carbocycles. The summed E-state index contributed by atoms with van der Waals surface area (Å²) >= 11 is 0. The van der Waals surface area contributed by atoms with Crippen molar-refractivity contribution in [2.75, 3.05) is 7.11 Å². The average molecular weight is 405 g/mol. The number of nitrogens with zero attached hydrogens (tertiary/aromatic N) is 4. The van der Waals surface area contributed by atoms with Gasteiger partial charge < -0.3 is 10.1 Å². The number of carbonyl (C=O) groups is 2. The number of nitrogens with one attached hydrogen (secondary N) is 1. The lowest BCUT2D eigenvalue weighted by molar-refractivity contribution is 0.0600. The minimum atomic E-state index is -0.453. The molecule has 0 bridgehead atoms. The van der Waals surface area contributed by atoms with E-state index in [9.17, 15) is 9.59 Å². The quantitative estimate of drug-likeness (QED) is 0.655. The third-order valence-corrected chi connectivity index (χ3v) is 5.43. The second-order valence-electron chi connectivity index (χ2n) is 7.35. The molecule has 0 radical (unpaired) electrons. The van der Waals surface area contributed by atoms with Gasteiger partial charge in [-0.1, -0.05) is 6.07 Å². The monoisotopic (exact) mass is 405 g/mol. The van der Waals surface area contributed by atoms with Crippen LogP contribution in [0.5, 0.6) is 0 Å². The summed E-state index contributed by atoms with van der Waals surface area (Å²) in [6, 6.07) is 8.85. The van der Waals surface area contributed by atoms with Crippen molar-refractivity contribution in [3.05, 3.63) is 66.4 Å². The number of benzene rings is 1. The van der Waals surface area contributed by atoms with E-state index in [1.165, 1.54) is 13.4 Å². The number of hydrogen-bond donors (Lipinski definition) is 1. The van der Waals surface area contributed by atoms with Crippen molar-refractivity contribution < 1.29 is 14.3 Å². The van der Waals surface area contributed by atoms with Crippen molar-refractivity contribution in [1.29, 1.82) is 0 Å². The summed E-state index contributed by atoms with van der Waals surface area (Å²) in [4.78, 5) is 32.5. The molecule has 1 aliphatic rings. The number of ether oxygens (including phenoxy) is 1. The molecule has 0 saturated heterocycles. The molecule has 1 N–H and O–H groups in total. The minimum absolute atomic E-state index is 0.104. The van der Waals surface area contributed by atoms with Gasteiger partial charge in [-0.15, -0.1) is 0 Å². The van der Waals surface area contributed by atoms with Crippen LogP contribution in [0.2, 0.25) is 0 Å². The van der Waals surface area contributed by atoms with Crippen molar-refractivity contribution in [3.63, 3.8) is 0 Å². The van der Waals surface area contributed by atoms with Crippen LogP contribution < -0.4 is 5.32 Å². The smallest absolute Gasteiger partial charge is 0.337 e. The third kappa shape index (κ3) is 4.37. The minimum Gasteiger partial charge on any atom is -0.465 e. The standard InChI is InChI=1S/C22H23N5O3/c1-30-22(29)16-4-2-3-15(11-16)21(28)26-18-5-7-19(8-6-18)27-13-17(12-25-27)20-9-10-23-14-24-20/h2-4,9-14,18-19H,5-8H2,1H3,(H,26,28). The van der Waals surface area contributed by atoms with Gasteiger partial charge in [0.05, 0.1) is 30.6 Å². The largest absolute Gasteiger partial charge is 0.465 e. The molecule has 0 atom stereocenters. The highest BCUT2D eigenvalue weighted by Gasteiger charge is 2.25. The Morgan fingerprint density at radius 3 is 2.67 bits per heavy atom. The number of esters is 1. The van der Waals surface area contributed by atoms with E-state index in [4.69, 9.17) is 4.74 Å². The molecule has 30 heavy (non-hydrogen) atoms. The van der Waals surface area contributed by atoms with Crippen LogP contribution in [0.3, 0.4) is 0 Å². The lowest BCUT2D eigenvalue weighted by Crippen LogP contribution is -2.38. The highest BCUT2D eigenvalue weighted by molar-refractivity contribution is 5.98. The molecule has 0 unspecified atom stereocenters. The van der Waals surface area contributed by atoms with Crippen LogP contribution in [0.25, 0.3) is 11.3 Å². The summed E-state index contributed by atoms with van der Waals surface area (Å²) in [5.41, 5.74) is 2.65. The molecule has 1 fully saturated rings.